The number of halogens is 1. The first-order chi connectivity index (χ1) is 16.5. The van der Waals surface area contributed by atoms with E-state index in [9.17, 15) is 14.7 Å². The summed E-state index contributed by atoms with van der Waals surface area (Å²) in [7, 11) is 0. The van der Waals surface area contributed by atoms with Gasteiger partial charge in [-0.3, -0.25) is 4.79 Å². The van der Waals surface area contributed by atoms with Crippen LogP contribution in [0.3, 0.4) is 0 Å². The van der Waals surface area contributed by atoms with Gasteiger partial charge in [0, 0.05) is 18.2 Å². The number of carboxylic acids is 1. The van der Waals surface area contributed by atoms with Gasteiger partial charge in [-0.05, 0) is 65.8 Å². The van der Waals surface area contributed by atoms with Gasteiger partial charge < -0.3 is 14.7 Å². The monoisotopic (exact) mass is 475 g/mol. The molecule has 34 heavy (non-hydrogen) atoms. The summed E-state index contributed by atoms with van der Waals surface area (Å²) in [5.74, 6) is -0.230. The van der Waals surface area contributed by atoms with Crippen LogP contribution >= 0.6 is 11.6 Å². The second-order valence-electron chi connectivity index (χ2n) is 8.99. The maximum absolute atomic E-state index is 13.1. The van der Waals surface area contributed by atoms with Crippen LogP contribution in [0.25, 0.3) is 11.1 Å². The molecule has 1 fully saturated rings. The van der Waals surface area contributed by atoms with Gasteiger partial charge in [-0.2, -0.15) is 0 Å². The zero-order chi connectivity index (χ0) is 23.7. The second kappa shape index (κ2) is 9.51. The number of rotatable bonds is 6. The first kappa shape index (κ1) is 22.5. The second-order valence-corrected chi connectivity index (χ2v) is 9.40. The molecule has 1 amide bonds. The summed E-state index contributed by atoms with van der Waals surface area (Å²) >= 11 is 5.98. The number of aromatic carboxylic acids is 1. The SMILES string of the molecule is O=C(O)c1cc(-c2ccc(COc3ccc4c(c3)C(=O)N(C3CCCC3)CC4)cc2)ccc1Cl. The van der Waals surface area contributed by atoms with Crippen molar-refractivity contribution in [3.63, 3.8) is 0 Å². The normalized spacial score (nSPS) is 15.9. The lowest BCUT2D eigenvalue weighted by atomic mass is 9.97. The standard InChI is InChI=1S/C28H26ClNO4/c29-26-12-10-21(15-25(26)28(32)33)19-7-5-18(6-8-19)17-34-23-11-9-20-13-14-30(22-3-1-2-4-22)27(31)24(20)16-23/h5-12,15-16,22H,1-4,13-14,17H2,(H,32,33). The highest BCUT2D eigenvalue weighted by Gasteiger charge is 2.31. The highest BCUT2D eigenvalue weighted by atomic mass is 35.5. The van der Waals surface area contributed by atoms with E-state index < -0.39 is 5.97 Å². The van der Waals surface area contributed by atoms with Crippen molar-refractivity contribution < 1.29 is 19.4 Å². The van der Waals surface area contributed by atoms with Gasteiger partial charge in [0.1, 0.15) is 12.4 Å². The lowest BCUT2D eigenvalue weighted by Gasteiger charge is -2.33. The number of nitrogens with zero attached hydrogens (tertiary/aromatic N) is 1. The van der Waals surface area contributed by atoms with E-state index in [1.807, 2.05) is 42.5 Å². The maximum atomic E-state index is 13.1. The van der Waals surface area contributed by atoms with Crippen LogP contribution in [0.4, 0.5) is 0 Å². The van der Waals surface area contributed by atoms with Crippen molar-refractivity contribution >= 4 is 23.5 Å². The molecular formula is C28H26ClNO4. The molecule has 0 bridgehead atoms. The van der Waals surface area contributed by atoms with Gasteiger partial charge in [-0.25, -0.2) is 4.79 Å². The number of carbonyl (C=O) groups is 2. The molecule has 0 aromatic heterocycles. The fourth-order valence-corrected chi connectivity index (χ4v) is 5.15. The van der Waals surface area contributed by atoms with Crippen molar-refractivity contribution in [3.05, 3.63) is 87.9 Å². The van der Waals surface area contributed by atoms with Crippen LogP contribution in [0.2, 0.25) is 5.02 Å². The van der Waals surface area contributed by atoms with Crippen molar-refractivity contribution in [2.45, 2.75) is 44.8 Å². The minimum absolute atomic E-state index is 0.0834. The minimum atomic E-state index is -1.05. The van der Waals surface area contributed by atoms with Crippen molar-refractivity contribution in [1.29, 1.82) is 0 Å². The zero-order valence-corrected chi connectivity index (χ0v) is 19.6. The summed E-state index contributed by atoms with van der Waals surface area (Å²) in [6, 6.07) is 19.0. The molecule has 1 aliphatic heterocycles. The molecule has 3 aromatic carbocycles. The Hall–Kier alpha value is -3.31. The van der Waals surface area contributed by atoms with Gasteiger partial charge in [0.25, 0.3) is 5.91 Å². The van der Waals surface area contributed by atoms with Crippen LogP contribution in [0.5, 0.6) is 5.75 Å². The summed E-state index contributed by atoms with van der Waals surface area (Å²) in [6.45, 7) is 1.19. The summed E-state index contributed by atoms with van der Waals surface area (Å²) in [5, 5.41) is 9.51. The molecule has 0 radical (unpaired) electrons. The Balaban J connectivity index is 1.27. The molecule has 3 aromatic rings. The Labute approximate surface area is 203 Å². The molecule has 0 saturated heterocycles. The van der Waals surface area contributed by atoms with Crippen molar-refractivity contribution in [1.82, 2.24) is 4.90 Å². The molecule has 0 unspecified atom stereocenters. The van der Waals surface area contributed by atoms with E-state index in [0.717, 1.165) is 53.6 Å². The minimum Gasteiger partial charge on any atom is -0.489 e. The third-order valence-electron chi connectivity index (χ3n) is 6.85. The highest BCUT2D eigenvalue weighted by Crippen LogP contribution is 2.31. The molecule has 0 atom stereocenters. The Kier molecular flexibility index (Phi) is 6.29. The van der Waals surface area contributed by atoms with Gasteiger partial charge in [-0.1, -0.05) is 60.8 Å². The van der Waals surface area contributed by atoms with E-state index in [1.165, 1.54) is 12.8 Å². The van der Waals surface area contributed by atoms with Gasteiger partial charge in [-0.15, -0.1) is 0 Å². The number of carbonyl (C=O) groups excluding carboxylic acids is 1. The van der Waals surface area contributed by atoms with Gasteiger partial charge in [0.2, 0.25) is 0 Å². The molecule has 5 rings (SSSR count). The molecule has 1 aliphatic carbocycles. The number of ether oxygens (including phenoxy) is 1. The molecule has 0 spiro atoms. The van der Waals surface area contributed by atoms with E-state index in [-0.39, 0.29) is 16.5 Å². The fraction of sp³-hybridized carbons (Fsp3) is 0.286. The number of carboxylic acid groups (broad SMARTS) is 1. The summed E-state index contributed by atoms with van der Waals surface area (Å²) in [5.41, 5.74) is 4.61. The molecule has 5 nitrogen and oxygen atoms in total. The van der Waals surface area contributed by atoms with Crippen molar-refractivity contribution in [2.24, 2.45) is 0 Å². The third-order valence-corrected chi connectivity index (χ3v) is 7.18. The average molecular weight is 476 g/mol. The Morgan fingerprint density at radius 1 is 1.00 bits per heavy atom. The predicted octanol–water partition coefficient (Wildman–Crippen LogP) is 6.23. The highest BCUT2D eigenvalue weighted by molar-refractivity contribution is 6.33. The van der Waals surface area contributed by atoms with E-state index >= 15 is 0 Å². The van der Waals surface area contributed by atoms with Crippen LogP contribution in [-0.2, 0) is 13.0 Å². The topological polar surface area (TPSA) is 66.8 Å². The predicted molar refractivity (Wildman–Crippen MR) is 132 cm³/mol. The van der Waals surface area contributed by atoms with Crippen LogP contribution in [0.1, 0.15) is 57.5 Å². The van der Waals surface area contributed by atoms with Crippen molar-refractivity contribution in [3.8, 4) is 16.9 Å². The summed E-state index contributed by atoms with van der Waals surface area (Å²) < 4.78 is 6.01. The molecule has 174 valence electrons. The van der Waals surface area contributed by atoms with E-state index in [1.54, 1.807) is 18.2 Å². The van der Waals surface area contributed by atoms with Crippen LogP contribution < -0.4 is 4.74 Å². The molecule has 2 aliphatic rings. The van der Waals surface area contributed by atoms with E-state index in [2.05, 4.69) is 4.90 Å². The number of amides is 1. The van der Waals surface area contributed by atoms with Gasteiger partial charge in [0.05, 0.1) is 10.6 Å². The van der Waals surface area contributed by atoms with Crippen LogP contribution in [0.15, 0.2) is 60.7 Å². The average Bonchev–Trinajstić information content (AvgIpc) is 3.38. The number of hydrogen-bond donors (Lipinski definition) is 1. The quantitative estimate of drug-likeness (QED) is 0.459. The van der Waals surface area contributed by atoms with Gasteiger partial charge in [0.15, 0.2) is 0 Å². The molecular weight excluding hydrogens is 450 g/mol. The summed E-state index contributed by atoms with van der Waals surface area (Å²) in [6.07, 6.45) is 5.54. The fourth-order valence-electron chi connectivity index (χ4n) is 4.95. The number of hydrogen-bond acceptors (Lipinski definition) is 3. The van der Waals surface area contributed by atoms with Crippen molar-refractivity contribution in [2.75, 3.05) is 6.54 Å². The maximum Gasteiger partial charge on any atom is 0.337 e. The van der Waals surface area contributed by atoms with E-state index in [0.29, 0.717) is 18.4 Å². The lowest BCUT2D eigenvalue weighted by molar-refractivity contribution is 0.0660. The van der Waals surface area contributed by atoms with Crippen LogP contribution in [-0.4, -0.2) is 34.5 Å². The Bertz CT molecular complexity index is 1230. The molecule has 1 saturated carbocycles. The van der Waals surface area contributed by atoms with E-state index in [4.69, 9.17) is 16.3 Å². The van der Waals surface area contributed by atoms with Crippen LogP contribution in [0, 0.1) is 0 Å². The number of benzene rings is 3. The Morgan fingerprint density at radius 3 is 2.47 bits per heavy atom. The smallest absolute Gasteiger partial charge is 0.337 e. The lowest BCUT2D eigenvalue weighted by Crippen LogP contribution is -2.43. The first-order valence-electron chi connectivity index (χ1n) is 11.7. The largest absolute Gasteiger partial charge is 0.489 e. The number of fused-ring (bicyclic) bond motifs is 1. The molecule has 6 heteroatoms. The third kappa shape index (κ3) is 4.53. The molecule has 1 N–H and O–H groups in total. The Morgan fingerprint density at radius 2 is 1.74 bits per heavy atom. The molecule has 1 heterocycles. The zero-order valence-electron chi connectivity index (χ0n) is 18.8. The summed E-state index contributed by atoms with van der Waals surface area (Å²) in [4.78, 5) is 26.5. The first-order valence-corrected chi connectivity index (χ1v) is 12.1. The van der Waals surface area contributed by atoms with Gasteiger partial charge >= 0.3 is 5.97 Å².